The summed E-state index contributed by atoms with van der Waals surface area (Å²) < 4.78 is 18.8. The maximum absolute atomic E-state index is 11.4. The van der Waals surface area contributed by atoms with Gasteiger partial charge in [0.1, 0.15) is 23.6 Å². The molecular formula is C24H31ClN2O8. The number of hydrogen-bond acceptors (Lipinski definition) is 9. The molecular weight excluding hydrogens is 480 g/mol. The average molecular weight is 511 g/mol. The third-order valence-electron chi connectivity index (χ3n) is 3.53. The molecule has 10 nitrogen and oxygen atoms in total. The Bertz CT molecular complexity index is 895. The van der Waals surface area contributed by atoms with Crippen molar-refractivity contribution in [1.82, 2.24) is 5.32 Å². The lowest BCUT2D eigenvalue weighted by Crippen LogP contribution is -2.41. The quantitative estimate of drug-likeness (QED) is 0.416. The van der Waals surface area contributed by atoms with Crippen molar-refractivity contribution < 1.29 is 38.1 Å². The van der Waals surface area contributed by atoms with Gasteiger partial charge in [-0.25, -0.2) is 14.4 Å². The minimum Gasteiger partial charge on any atom is -0.465 e. The molecule has 0 saturated heterocycles. The summed E-state index contributed by atoms with van der Waals surface area (Å²) in [6.45, 7) is 7.26. The predicted molar refractivity (Wildman–Crippen MR) is 130 cm³/mol. The molecule has 0 aliphatic heterocycles. The molecule has 2 aromatic carbocycles. The molecule has 0 aliphatic carbocycles. The standard InChI is InChI=1S/C12H15NO4.C7H5ClO2.C5H11NO2/c1-3-16-11(14)9(2)13-12(15)17-10-7-5-4-6-8-10;8-7(9)10-6-4-2-1-3-5-6;1-3-8-5(7)4(2)6/h4-9H,3H2,1-2H3,(H,13,15);1-5H;4H,3,6H2,1-2H3. The first-order valence-corrected chi connectivity index (χ1v) is 11.0. The number of ether oxygens (including phenoxy) is 4. The molecule has 3 N–H and O–H groups in total. The molecule has 11 heteroatoms. The van der Waals surface area contributed by atoms with E-state index in [1.54, 1.807) is 69.3 Å². The SMILES string of the molecule is CCOC(=O)C(C)N.CCOC(=O)C(C)NC(=O)Oc1ccccc1.O=C(Cl)Oc1ccccc1. The van der Waals surface area contributed by atoms with Crippen LogP contribution >= 0.6 is 11.6 Å². The molecule has 0 saturated carbocycles. The van der Waals surface area contributed by atoms with E-state index in [2.05, 4.69) is 14.8 Å². The Labute approximate surface area is 209 Å². The van der Waals surface area contributed by atoms with Crippen molar-refractivity contribution in [2.45, 2.75) is 39.8 Å². The predicted octanol–water partition coefficient (Wildman–Crippen LogP) is 4.05. The van der Waals surface area contributed by atoms with Gasteiger partial charge < -0.3 is 30.0 Å². The number of rotatable bonds is 7. The second-order valence-electron chi connectivity index (χ2n) is 6.51. The van der Waals surface area contributed by atoms with E-state index in [0.717, 1.165) is 0 Å². The topological polar surface area (TPSA) is 143 Å². The Morgan fingerprint density at radius 2 is 1.23 bits per heavy atom. The van der Waals surface area contributed by atoms with Crippen molar-refractivity contribution >= 4 is 35.1 Å². The molecule has 2 unspecified atom stereocenters. The van der Waals surface area contributed by atoms with Crippen LogP contribution in [0.1, 0.15) is 27.7 Å². The van der Waals surface area contributed by atoms with E-state index in [9.17, 15) is 19.2 Å². The van der Waals surface area contributed by atoms with Crippen LogP contribution in [0, 0.1) is 0 Å². The van der Waals surface area contributed by atoms with Gasteiger partial charge in [0.2, 0.25) is 0 Å². The number of nitrogens with one attached hydrogen (secondary N) is 1. The highest BCUT2D eigenvalue weighted by molar-refractivity contribution is 6.61. The average Bonchev–Trinajstić information content (AvgIpc) is 2.81. The number of hydrogen-bond donors (Lipinski definition) is 2. The first kappa shape index (κ1) is 31.4. The molecule has 0 bridgehead atoms. The zero-order valence-electron chi connectivity index (χ0n) is 20.1. The lowest BCUT2D eigenvalue weighted by Gasteiger charge is -2.12. The summed E-state index contributed by atoms with van der Waals surface area (Å²) in [5.41, 5.74) is 4.33. The van der Waals surface area contributed by atoms with E-state index < -0.39 is 29.6 Å². The van der Waals surface area contributed by atoms with Crippen LogP contribution in [0.25, 0.3) is 0 Å². The molecule has 0 aliphatic rings. The number of carbonyl (C=O) groups excluding carboxylic acids is 4. The van der Waals surface area contributed by atoms with Crippen LogP contribution in [0.5, 0.6) is 11.5 Å². The Morgan fingerprint density at radius 1 is 0.800 bits per heavy atom. The van der Waals surface area contributed by atoms with Gasteiger partial charge in [-0.1, -0.05) is 36.4 Å². The summed E-state index contributed by atoms with van der Waals surface area (Å²) in [6, 6.07) is 16.0. The Balaban J connectivity index is 0.000000545. The molecule has 1 amide bonds. The van der Waals surface area contributed by atoms with Crippen molar-refractivity contribution in [3.05, 3.63) is 60.7 Å². The lowest BCUT2D eigenvalue weighted by atomic mass is 10.3. The number of nitrogens with two attached hydrogens (primary N) is 1. The second-order valence-corrected chi connectivity index (χ2v) is 6.82. The molecule has 192 valence electrons. The van der Waals surface area contributed by atoms with Crippen LogP contribution < -0.4 is 20.5 Å². The number of amides is 1. The highest BCUT2D eigenvalue weighted by Crippen LogP contribution is 2.09. The minimum atomic E-state index is -0.814. The van der Waals surface area contributed by atoms with Gasteiger partial charge in [0.15, 0.2) is 0 Å². The van der Waals surface area contributed by atoms with Crippen LogP contribution in [0.2, 0.25) is 0 Å². The van der Waals surface area contributed by atoms with Crippen molar-refractivity contribution in [3.63, 3.8) is 0 Å². The molecule has 0 heterocycles. The van der Waals surface area contributed by atoms with Crippen molar-refractivity contribution in [2.75, 3.05) is 13.2 Å². The van der Waals surface area contributed by atoms with E-state index in [4.69, 9.17) is 26.8 Å². The Morgan fingerprint density at radius 3 is 1.60 bits per heavy atom. The van der Waals surface area contributed by atoms with Crippen molar-refractivity contribution in [1.29, 1.82) is 0 Å². The van der Waals surface area contributed by atoms with Crippen LogP contribution in [-0.2, 0) is 19.1 Å². The highest BCUT2D eigenvalue weighted by Gasteiger charge is 2.17. The summed E-state index contributed by atoms with van der Waals surface area (Å²) >= 11 is 4.95. The summed E-state index contributed by atoms with van der Waals surface area (Å²) in [5.74, 6) is 0.0496. The van der Waals surface area contributed by atoms with Gasteiger partial charge >= 0.3 is 23.5 Å². The van der Waals surface area contributed by atoms with E-state index in [-0.39, 0.29) is 12.6 Å². The fraction of sp³-hybridized carbons (Fsp3) is 0.333. The van der Waals surface area contributed by atoms with Gasteiger partial charge in [0.25, 0.3) is 0 Å². The van der Waals surface area contributed by atoms with Gasteiger partial charge in [-0.3, -0.25) is 4.79 Å². The maximum atomic E-state index is 11.4. The summed E-state index contributed by atoms with van der Waals surface area (Å²) in [5, 5.41) is 2.38. The molecule has 0 fully saturated rings. The molecule has 2 rings (SSSR count). The molecule has 0 radical (unpaired) electrons. The zero-order valence-corrected chi connectivity index (χ0v) is 20.8. The fourth-order valence-electron chi connectivity index (χ4n) is 1.98. The fourth-order valence-corrected chi connectivity index (χ4v) is 2.07. The number of esters is 2. The first-order chi connectivity index (χ1) is 16.6. The first-order valence-electron chi connectivity index (χ1n) is 10.6. The van der Waals surface area contributed by atoms with Crippen LogP contribution in [0.4, 0.5) is 9.59 Å². The van der Waals surface area contributed by atoms with Crippen LogP contribution in [0.3, 0.4) is 0 Å². The number of halogens is 1. The smallest absolute Gasteiger partial charge is 0.413 e. The molecule has 2 atom stereocenters. The number of para-hydroxylation sites is 2. The normalized spacial score (nSPS) is 11.0. The molecule has 2 aromatic rings. The number of carbonyl (C=O) groups is 4. The Kier molecular flexibility index (Phi) is 16.8. The largest absolute Gasteiger partial charge is 0.465 e. The van der Waals surface area contributed by atoms with Crippen molar-refractivity contribution in [3.8, 4) is 11.5 Å². The summed E-state index contributed by atoms with van der Waals surface area (Å²) in [6.07, 6.45) is -0.684. The summed E-state index contributed by atoms with van der Waals surface area (Å²) in [7, 11) is 0. The molecule has 0 aromatic heterocycles. The molecule has 35 heavy (non-hydrogen) atoms. The minimum absolute atomic E-state index is 0.276. The number of benzene rings is 2. The van der Waals surface area contributed by atoms with E-state index in [1.807, 2.05) is 12.1 Å². The van der Waals surface area contributed by atoms with Crippen LogP contribution in [0.15, 0.2) is 60.7 Å². The van der Waals surface area contributed by atoms with Gasteiger partial charge in [0.05, 0.1) is 13.2 Å². The van der Waals surface area contributed by atoms with Gasteiger partial charge in [-0.2, -0.15) is 0 Å². The highest BCUT2D eigenvalue weighted by atomic mass is 35.5. The van der Waals surface area contributed by atoms with E-state index in [0.29, 0.717) is 18.1 Å². The van der Waals surface area contributed by atoms with E-state index >= 15 is 0 Å². The maximum Gasteiger partial charge on any atom is 0.413 e. The third kappa shape index (κ3) is 16.6. The van der Waals surface area contributed by atoms with Gasteiger partial charge in [-0.15, -0.1) is 0 Å². The van der Waals surface area contributed by atoms with Gasteiger partial charge in [-0.05, 0) is 52.0 Å². The monoisotopic (exact) mass is 510 g/mol. The van der Waals surface area contributed by atoms with E-state index in [1.165, 1.54) is 6.92 Å². The second kappa shape index (κ2) is 18.8. The van der Waals surface area contributed by atoms with Crippen LogP contribution in [-0.4, -0.2) is 48.8 Å². The molecule has 0 spiro atoms. The van der Waals surface area contributed by atoms with Crippen molar-refractivity contribution in [2.24, 2.45) is 5.73 Å². The van der Waals surface area contributed by atoms with Gasteiger partial charge in [0, 0.05) is 11.6 Å². The zero-order chi connectivity index (χ0) is 26.6. The lowest BCUT2D eigenvalue weighted by molar-refractivity contribution is -0.145. The summed E-state index contributed by atoms with van der Waals surface area (Å²) in [4.78, 5) is 43.2. The third-order valence-corrected chi connectivity index (χ3v) is 3.61. The Hall–Kier alpha value is -3.63.